The van der Waals surface area contributed by atoms with Crippen LogP contribution in [0.3, 0.4) is 0 Å². The first-order valence-electron chi connectivity index (χ1n) is 31.3. The van der Waals surface area contributed by atoms with Crippen molar-refractivity contribution in [2.24, 2.45) is 0 Å². The molecule has 0 radical (unpaired) electrons. The third kappa shape index (κ3) is 21.6. The molecule has 28 heteroatoms. The maximum Gasteiger partial charge on any atom is 0.344 e. The lowest BCUT2D eigenvalue weighted by Crippen LogP contribution is -2.66. The topological polar surface area (TPSA) is 322 Å². The van der Waals surface area contributed by atoms with Gasteiger partial charge in [-0.05, 0) is 115 Å². The second kappa shape index (κ2) is 33.1. The van der Waals surface area contributed by atoms with E-state index in [1.807, 2.05) is 13.8 Å². The van der Waals surface area contributed by atoms with E-state index in [4.69, 9.17) is 60.6 Å². The molecule has 532 valence electrons. The molecule has 3 heterocycles. The number of rotatable bonds is 26. The van der Waals surface area contributed by atoms with Crippen molar-refractivity contribution in [2.75, 3.05) is 42.7 Å². The molecule has 0 aliphatic carbocycles. The molecule has 0 aromatic heterocycles. The summed E-state index contributed by atoms with van der Waals surface area (Å²) in [6.07, 6.45) is -6.74. The van der Waals surface area contributed by atoms with E-state index in [0.717, 1.165) is 60.2 Å². The maximum atomic E-state index is 12.7. The molecule has 3 rings (SSSR count). The molecule has 3 aliphatic heterocycles. The molecule has 0 saturated carbocycles. The van der Waals surface area contributed by atoms with E-state index in [0.29, 0.717) is 12.8 Å². The summed E-state index contributed by atoms with van der Waals surface area (Å²) < 4.78 is 84.3. The number of aliphatic hydroxyl groups excluding tert-OH is 2. The van der Waals surface area contributed by atoms with Crippen molar-refractivity contribution in [3.63, 3.8) is 0 Å². The van der Waals surface area contributed by atoms with E-state index in [-0.39, 0.29) is 26.8 Å². The summed E-state index contributed by atoms with van der Waals surface area (Å²) in [6.45, 7) is 47.9. The van der Waals surface area contributed by atoms with Crippen LogP contribution in [-0.2, 0) is 98.9 Å². The van der Waals surface area contributed by atoms with Crippen LogP contribution in [0, 0.1) is 0 Å². The smallest absolute Gasteiger partial charge is 0.344 e. The van der Waals surface area contributed by atoms with Gasteiger partial charge in [-0.15, -0.1) is 0 Å². The average Bonchev–Trinajstić information content (AvgIpc) is 1.67. The van der Waals surface area contributed by atoms with Crippen molar-refractivity contribution in [1.29, 1.82) is 0 Å². The SMILES string of the molecule is CCC[C@H](O[Si](C)(C)C(C)(C)C)[C@@H]1OC(C)(C)O[C@H]1/C(=C/C(=O)OC)C(=O)OC.CCC[C@H](O[Si](C)(C)C(C)(C)C)[C@@H]1OC(C)(C)O[C@H]1[C@@](O)(C(=O)OC)[C@@H](O)C(=O)OC.CCC[C@H](O[Si](C)(C)C(C)(C)C)[C@@H]1OC(C)(C)O[C@H]1[C@](O)(C(=O)OC)[C@H](O)C(=O)OC. The largest absolute Gasteiger partial charge is 0.467 e. The predicted octanol–water partition coefficient (Wildman–Crippen LogP) is 8.24. The van der Waals surface area contributed by atoms with Crippen LogP contribution in [0.5, 0.6) is 0 Å². The summed E-state index contributed by atoms with van der Waals surface area (Å²) in [4.78, 5) is 73.9. The fourth-order valence-electron chi connectivity index (χ4n) is 9.73. The van der Waals surface area contributed by atoms with E-state index >= 15 is 0 Å². The van der Waals surface area contributed by atoms with Gasteiger partial charge in [0.15, 0.2) is 54.5 Å². The molecule has 0 aromatic carbocycles. The molecule has 0 amide bonds. The number of aliphatic hydroxyl groups is 4. The van der Waals surface area contributed by atoms with Crippen LogP contribution in [0.4, 0.5) is 0 Å². The van der Waals surface area contributed by atoms with E-state index in [1.165, 1.54) is 14.2 Å². The Hall–Kier alpha value is -3.31. The van der Waals surface area contributed by atoms with Crippen LogP contribution in [0.25, 0.3) is 0 Å². The molecule has 0 spiro atoms. The molecular weight excluding hydrogens is 1240 g/mol. The van der Waals surface area contributed by atoms with Crippen molar-refractivity contribution in [3.05, 3.63) is 11.6 Å². The van der Waals surface area contributed by atoms with Gasteiger partial charge in [-0.25, -0.2) is 28.8 Å². The molecule has 13 atom stereocenters. The monoisotopic (exact) mass is 1360 g/mol. The molecular formula is C63H118O25Si3. The fourth-order valence-corrected chi connectivity index (χ4v) is 13.8. The number of carbonyl (C=O) groups excluding carboxylic acids is 6. The maximum absolute atomic E-state index is 12.7. The second-order valence-corrected chi connectivity index (χ2v) is 43.5. The highest BCUT2D eigenvalue weighted by Gasteiger charge is 2.66. The minimum atomic E-state index is -2.76. The van der Waals surface area contributed by atoms with Crippen molar-refractivity contribution < 1.29 is 119 Å². The van der Waals surface area contributed by atoms with E-state index in [2.05, 4.69) is 118 Å². The summed E-state index contributed by atoms with van der Waals surface area (Å²) in [5, 5.41) is 43.6. The summed E-state index contributed by atoms with van der Waals surface area (Å²) in [6, 6.07) is 0. The third-order valence-electron chi connectivity index (χ3n) is 17.7. The summed E-state index contributed by atoms with van der Waals surface area (Å²) in [5.74, 6) is -9.54. The molecule has 0 unspecified atom stereocenters. The zero-order valence-electron chi connectivity index (χ0n) is 60.5. The van der Waals surface area contributed by atoms with Crippen molar-refractivity contribution in [2.45, 2.75) is 313 Å². The normalized spacial score (nSPS) is 24.8. The van der Waals surface area contributed by atoms with Crippen LogP contribution in [0.1, 0.15) is 163 Å². The summed E-state index contributed by atoms with van der Waals surface area (Å²) in [5.41, 5.74) is -5.46. The minimum absolute atomic E-state index is 0.0104. The number of methoxy groups -OCH3 is 6. The van der Waals surface area contributed by atoms with Crippen molar-refractivity contribution in [3.8, 4) is 0 Å². The Morgan fingerprint density at radius 3 is 0.989 bits per heavy atom. The van der Waals surface area contributed by atoms with Gasteiger partial charge in [0.25, 0.3) is 0 Å². The standard InChI is InChI=1S/2C21H40O9Si.C21H38O7Si/c2*1-11-12-13(30-31(9,10)19(2,3)4)14-16(29-20(5,6)28-14)21(25,18(24)27-8)15(22)17(23)26-7;1-11-12-15(28-29(9,10)20(2,3)4)18-17(26-21(5,6)27-18)14(19(23)25-8)13-16(22)24-7/h2*13-16,22,25H,11-12H2,1-10H3;13,15,17-18H,11-12H2,1-10H3/b;;14-13-/t13-,14-,15+,16+,21-;13-,14-,15-,16+,21+;15-,17-,18-/m000/s1. The summed E-state index contributed by atoms with van der Waals surface area (Å²) >= 11 is 0. The lowest BCUT2D eigenvalue weighted by atomic mass is 9.84. The Morgan fingerprint density at radius 2 is 0.736 bits per heavy atom. The average molecular weight is 1360 g/mol. The van der Waals surface area contributed by atoms with E-state index in [9.17, 15) is 49.2 Å². The number of carbonyl (C=O) groups is 6. The zero-order chi connectivity index (χ0) is 71.4. The van der Waals surface area contributed by atoms with Crippen LogP contribution < -0.4 is 0 Å². The van der Waals surface area contributed by atoms with E-state index < -0.39 is 150 Å². The number of hydrogen-bond donors (Lipinski definition) is 4. The Morgan fingerprint density at radius 1 is 0.451 bits per heavy atom. The quantitative estimate of drug-likeness (QED) is 0.0274. The third-order valence-corrected chi connectivity index (χ3v) is 31.3. The van der Waals surface area contributed by atoms with Gasteiger partial charge in [0.1, 0.15) is 36.6 Å². The van der Waals surface area contributed by atoms with Gasteiger partial charge >= 0.3 is 35.8 Å². The Balaban J connectivity index is 0.000000683. The molecule has 0 aromatic rings. The minimum Gasteiger partial charge on any atom is -0.467 e. The highest BCUT2D eigenvalue weighted by atomic mass is 28.4. The Labute approximate surface area is 545 Å². The molecule has 0 bridgehead atoms. The molecule has 25 nitrogen and oxygen atoms in total. The van der Waals surface area contributed by atoms with Gasteiger partial charge in [0, 0.05) is 6.08 Å². The first-order chi connectivity index (χ1) is 41.1. The lowest BCUT2D eigenvalue weighted by Gasteiger charge is -2.43. The van der Waals surface area contributed by atoms with E-state index in [1.54, 1.807) is 41.5 Å². The highest BCUT2D eigenvalue weighted by molar-refractivity contribution is 6.75. The van der Waals surface area contributed by atoms with Gasteiger partial charge in [0.2, 0.25) is 11.2 Å². The van der Waals surface area contributed by atoms with Gasteiger partial charge in [-0.1, -0.05) is 102 Å². The molecule has 3 saturated heterocycles. The highest BCUT2D eigenvalue weighted by Crippen LogP contribution is 2.47. The Bertz CT molecular complexity index is 2320. The first kappa shape index (κ1) is 85.7. The molecule has 91 heavy (non-hydrogen) atoms. The fraction of sp³-hybridized carbons (Fsp3) is 0.873. The lowest BCUT2D eigenvalue weighted by molar-refractivity contribution is -0.217. The van der Waals surface area contributed by atoms with Crippen LogP contribution in [0.15, 0.2) is 11.6 Å². The van der Waals surface area contributed by atoms with Gasteiger partial charge in [-0.2, -0.15) is 0 Å². The molecule has 3 aliphatic rings. The van der Waals surface area contributed by atoms with Crippen molar-refractivity contribution >= 4 is 60.8 Å². The van der Waals surface area contributed by atoms with Crippen LogP contribution in [-0.4, -0.2) is 220 Å². The van der Waals surface area contributed by atoms with Crippen molar-refractivity contribution in [1.82, 2.24) is 0 Å². The Kier molecular flexibility index (Phi) is 31.2. The summed E-state index contributed by atoms with van der Waals surface area (Å²) in [7, 11) is -0.0127. The van der Waals surface area contributed by atoms with Crippen LogP contribution in [0.2, 0.25) is 54.4 Å². The molecule has 4 N–H and O–H groups in total. The number of ether oxygens (including phenoxy) is 12. The van der Waals surface area contributed by atoms with Gasteiger partial charge in [-0.3, -0.25) is 0 Å². The molecule has 3 fully saturated rings. The van der Waals surface area contributed by atoms with Gasteiger partial charge < -0.3 is 90.5 Å². The number of esters is 6. The predicted molar refractivity (Wildman–Crippen MR) is 345 cm³/mol. The second-order valence-electron chi connectivity index (χ2n) is 29.3. The van der Waals surface area contributed by atoms with Crippen LogP contribution >= 0.6 is 0 Å². The first-order valence-corrected chi connectivity index (χ1v) is 40.0. The van der Waals surface area contributed by atoms with Gasteiger partial charge in [0.05, 0.1) is 66.5 Å². The number of hydrogen-bond acceptors (Lipinski definition) is 25. The zero-order valence-corrected chi connectivity index (χ0v) is 63.5.